The van der Waals surface area contributed by atoms with Gasteiger partial charge in [0.15, 0.2) is 5.78 Å². The molecule has 3 atom stereocenters. The van der Waals surface area contributed by atoms with Crippen molar-refractivity contribution in [2.75, 3.05) is 0 Å². The lowest BCUT2D eigenvalue weighted by molar-refractivity contribution is -0.136. The Kier molecular flexibility index (Phi) is 1.42. The van der Waals surface area contributed by atoms with Gasteiger partial charge in [-0.1, -0.05) is 27.7 Å². The van der Waals surface area contributed by atoms with Crippen LogP contribution in [0.25, 0.3) is 0 Å². The summed E-state index contributed by atoms with van der Waals surface area (Å²) in [4.78, 5) is 11.9. The molecule has 0 heterocycles. The second kappa shape index (κ2) is 2.00. The maximum atomic E-state index is 11.9. The van der Waals surface area contributed by atoms with E-state index in [0.29, 0.717) is 0 Å². The molecule has 2 bridgehead atoms. The summed E-state index contributed by atoms with van der Waals surface area (Å²) in [5.74, 6) is 0.0613. The number of aliphatic hydroxyl groups is 1. The average Bonchev–Trinajstić information content (AvgIpc) is 2.28. The molecule has 0 aromatic heterocycles. The number of rotatable bonds is 0. The zero-order valence-corrected chi connectivity index (χ0v) is 8.85. The quantitative estimate of drug-likeness (QED) is 0.620. The summed E-state index contributed by atoms with van der Waals surface area (Å²) in [7, 11) is 0. The fraction of sp³-hybridized carbons (Fsp3) is 0.909. The lowest BCUT2D eigenvalue weighted by atomic mass is 9.66. The van der Waals surface area contributed by atoms with E-state index in [9.17, 15) is 9.90 Å². The maximum Gasteiger partial charge on any atom is 0.168 e. The Bertz CT molecular complexity index is 279. The lowest BCUT2D eigenvalue weighted by Gasteiger charge is -2.37. The van der Waals surface area contributed by atoms with Gasteiger partial charge in [0.25, 0.3) is 0 Å². The molecule has 0 unspecified atom stereocenters. The molecule has 2 heteroatoms. The van der Waals surface area contributed by atoms with Crippen LogP contribution in [0.4, 0.5) is 0 Å². The van der Waals surface area contributed by atoms with E-state index in [1.54, 1.807) is 0 Å². The lowest BCUT2D eigenvalue weighted by Crippen LogP contribution is -2.37. The third-order valence-electron chi connectivity index (χ3n) is 5.35. The van der Waals surface area contributed by atoms with E-state index in [1.165, 1.54) is 0 Å². The average molecular weight is 182 g/mol. The van der Waals surface area contributed by atoms with Crippen LogP contribution in [0.2, 0.25) is 0 Å². The van der Waals surface area contributed by atoms with E-state index in [0.717, 1.165) is 12.8 Å². The Morgan fingerprint density at radius 1 is 1.23 bits per heavy atom. The second-order valence-electron chi connectivity index (χ2n) is 5.64. The summed E-state index contributed by atoms with van der Waals surface area (Å²) in [6.07, 6.45) is 1.18. The van der Waals surface area contributed by atoms with Crippen molar-refractivity contribution in [1.82, 2.24) is 0 Å². The van der Waals surface area contributed by atoms with Crippen LogP contribution in [0, 0.1) is 16.2 Å². The molecule has 13 heavy (non-hydrogen) atoms. The first-order valence-corrected chi connectivity index (χ1v) is 5.00. The van der Waals surface area contributed by atoms with Crippen LogP contribution >= 0.6 is 0 Å². The molecule has 2 rings (SSSR count). The molecule has 1 N–H and O–H groups in total. The summed E-state index contributed by atoms with van der Waals surface area (Å²) in [6, 6.07) is 0. The molecule has 0 radical (unpaired) electrons. The van der Waals surface area contributed by atoms with Crippen molar-refractivity contribution in [3.8, 4) is 0 Å². The highest BCUT2D eigenvalue weighted by molar-refractivity contribution is 5.94. The fourth-order valence-electron chi connectivity index (χ4n) is 3.27. The van der Waals surface area contributed by atoms with Gasteiger partial charge in [0, 0.05) is 10.8 Å². The number of fused-ring (bicyclic) bond motifs is 2. The fourth-order valence-corrected chi connectivity index (χ4v) is 3.27. The van der Waals surface area contributed by atoms with Crippen molar-refractivity contribution in [2.24, 2.45) is 16.2 Å². The third kappa shape index (κ3) is 0.653. The van der Waals surface area contributed by atoms with E-state index in [4.69, 9.17) is 0 Å². The van der Waals surface area contributed by atoms with Gasteiger partial charge < -0.3 is 5.11 Å². The van der Waals surface area contributed by atoms with Crippen molar-refractivity contribution in [3.63, 3.8) is 0 Å². The first-order valence-electron chi connectivity index (χ1n) is 5.00. The van der Waals surface area contributed by atoms with Crippen LogP contribution in [-0.4, -0.2) is 17.0 Å². The van der Waals surface area contributed by atoms with Crippen molar-refractivity contribution >= 4 is 5.78 Å². The van der Waals surface area contributed by atoms with Gasteiger partial charge in [-0.3, -0.25) is 4.79 Å². The van der Waals surface area contributed by atoms with E-state index >= 15 is 0 Å². The van der Waals surface area contributed by atoms with Gasteiger partial charge in [0.2, 0.25) is 0 Å². The van der Waals surface area contributed by atoms with Crippen molar-refractivity contribution in [2.45, 2.75) is 46.6 Å². The van der Waals surface area contributed by atoms with Gasteiger partial charge >= 0.3 is 0 Å². The highest BCUT2D eigenvalue weighted by Gasteiger charge is 2.72. The third-order valence-corrected chi connectivity index (χ3v) is 5.35. The summed E-state index contributed by atoms with van der Waals surface area (Å²) in [6.45, 7) is 8.30. The monoisotopic (exact) mass is 182 g/mol. The van der Waals surface area contributed by atoms with E-state index in [1.807, 2.05) is 13.8 Å². The summed E-state index contributed by atoms with van der Waals surface area (Å²) in [5, 5.41) is 9.90. The van der Waals surface area contributed by atoms with Gasteiger partial charge in [-0.05, 0) is 18.3 Å². The summed E-state index contributed by atoms with van der Waals surface area (Å²) < 4.78 is 0. The zero-order chi connectivity index (χ0) is 10.1. The minimum absolute atomic E-state index is 0.0590. The van der Waals surface area contributed by atoms with Crippen LogP contribution in [0.3, 0.4) is 0 Å². The molecule has 2 saturated carbocycles. The molecule has 0 spiro atoms. The SMILES string of the molecule is CC1(C)[C@@]2(C)CC[C@]1(C)C(=O)[C@@H]2O. The first-order chi connectivity index (χ1) is 5.77. The second-order valence-corrected chi connectivity index (χ2v) is 5.64. The molecule has 0 saturated heterocycles. The highest BCUT2D eigenvalue weighted by Crippen LogP contribution is 2.70. The molecular formula is C11H18O2. The Morgan fingerprint density at radius 3 is 2.00 bits per heavy atom. The molecule has 2 aliphatic rings. The molecule has 2 fully saturated rings. The van der Waals surface area contributed by atoms with E-state index in [-0.39, 0.29) is 22.0 Å². The number of carbonyl (C=O) groups excluding carboxylic acids is 1. The van der Waals surface area contributed by atoms with Gasteiger partial charge in [-0.15, -0.1) is 0 Å². The minimum atomic E-state index is -0.735. The summed E-state index contributed by atoms with van der Waals surface area (Å²) >= 11 is 0. The standard InChI is InChI=1S/C11H18O2/c1-9(2)10(3)5-6-11(9,4)8(13)7(10)12/h7,12H,5-6H2,1-4H3/t7-,10-,11+/m0/s1. The number of ketones is 1. The van der Waals surface area contributed by atoms with Crippen molar-refractivity contribution in [1.29, 1.82) is 0 Å². The predicted octanol–water partition coefficient (Wildman–Crippen LogP) is 1.76. The molecular weight excluding hydrogens is 164 g/mol. The number of carbonyl (C=O) groups is 1. The Labute approximate surface area is 79.3 Å². The molecule has 2 nitrogen and oxygen atoms in total. The van der Waals surface area contributed by atoms with Crippen LogP contribution in [0.1, 0.15) is 40.5 Å². The minimum Gasteiger partial charge on any atom is -0.385 e. The zero-order valence-electron chi connectivity index (χ0n) is 8.85. The predicted molar refractivity (Wildman–Crippen MR) is 50.2 cm³/mol. The van der Waals surface area contributed by atoms with Gasteiger partial charge in [-0.2, -0.15) is 0 Å². The number of hydrogen-bond acceptors (Lipinski definition) is 2. The Hall–Kier alpha value is -0.370. The van der Waals surface area contributed by atoms with Crippen LogP contribution in [0.5, 0.6) is 0 Å². The van der Waals surface area contributed by atoms with Crippen LogP contribution in [-0.2, 0) is 4.79 Å². The number of aliphatic hydroxyl groups excluding tert-OH is 1. The van der Waals surface area contributed by atoms with Crippen LogP contribution < -0.4 is 0 Å². The van der Waals surface area contributed by atoms with Gasteiger partial charge in [-0.25, -0.2) is 0 Å². The van der Waals surface area contributed by atoms with Gasteiger partial charge in [0.1, 0.15) is 6.10 Å². The topological polar surface area (TPSA) is 37.3 Å². The molecule has 0 aromatic carbocycles. The van der Waals surface area contributed by atoms with Gasteiger partial charge in [0.05, 0.1) is 0 Å². The molecule has 0 aromatic rings. The molecule has 74 valence electrons. The van der Waals surface area contributed by atoms with Crippen molar-refractivity contribution < 1.29 is 9.90 Å². The Morgan fingerprint density at radius 2 is 1.77 bits per heavy atom. The highest BCUT2D eigenvalue weighted by atomic mass is 16.3. The largest absolute Gasteiger partial charge is 0.385 e. The van der Waals surface area contributed by atoms with E-state index < -0.39 is 6.10 Å². The number of hydrogen-bond donors (Lipinski definition) is 1. The molecule has 2 aliphatic carbocycles. The maximum absolute atomic E-state index is 11.9. The molecule has 0 aliphatic heterocycles. The van der Waals surface area contributed by atoms with E-state index in [2.05, 4.69) is 13.8 Å². The Balaban J connectivity index is 2.61. The smallest absolute Gasteiger partial charge is 0.168 e. The van der Waals surface area contributed by atoms with Crippen LogP contribution in [0.15, 0.2) is 0 Å². The summed E-state index contributed by atoms with van der Waals surface area (Å²) in [5.41, 5.74) is -0.545. The normalized spacial score (nSPS) is 53.0. The first kappa shape index (κ1) is 9.20. The number of Topliss-reactive ketones (excluding diaryl/α,β-unsaturated/α-hetero) is 1. The van der Waals surface area contributed by atoms with Crippen molar-refractivity contribution in [3.05, 3.63) is 0 Å². The molecule has 0 amide bonds.